The minimum absolute atomic E-state index is 0.0842. The smallest absolute Gasteiger partial charge is 0.340 e. The maximum atomic E-state index is 13.6. The Morgan fingerprint density at radius 2 is 1.75 bits per heavy atom. The van der Waals surface area contributed by atoms with Crippen molar-refractivity contribution < 1.29 is 33.4 Å². The molecule has 1 fully saturated rings. The highest BCUT2D eigenvalue weighted by atomic mass is 28.4. The number of carbonyl (C=O) groups excluding carboxylic acids is 3. The van der Waals surface area contributed by atoms with E-state index < -0.39 is 31.9 Å². The number of Topliss-reactive ketones (excluding diaryl/α,β-unsaturated/α-hetero) is 1. The molecule has 1 aromatic carbocycles. The van der Waals surface area contributed by atoms with E-state index in [2.05, 4.69) is 37.6 Å². The van der Waals surface area contributed by atoms with Gasteiger partial charge in [0.15, 0.2) is 31.5 Å². The topological polar surface area (TPSA) is 145 Å². The minimum atomic E-state index is -2.47. The fraction of sp³-hybridized carbons (Fsp3) is 0.575. The summed E-state index contributed by atoms with van der Waals surface area (Å²) < 4.78 is 19.6. The van der Waals surface area contributed by atoms with Crippen molar-refractivity contribution in [3.63, 3.8) is 0 Å². The molecule has 3 aromatic rings. The Labute approximate surface area is 315 Å². The summed E-state index contributed by atoms with van der Waals surface area (Å²) >= 11 is 0. The number of amides is 1. The molecule has 0 radical (unpaired) electrons. The molecule has 1 atom stereocenters. The number of fused-ring (bicyclic) bond motifs is 1. The number of aromatic nitrogens is 3. The summed E-state index contributed by atoms with van der Waals surface area (Å²) in [6.45, 7) is 24.6. The van der Waals surface area contributed by atoms with Crippen molar-refractivity contribution >= 4 is 37.4 Å². The van der Waals surface area contributed by atoms with Gasteiger partial charge in [-0.3, -0.25) is 9.59 Å². The fourth-order valence-electron chi connectivity index (χ4n) is 6.37. The second-order valence-electron chi connectivity index (χ2n) is 16.4. The van der Waals surface area contributed by atoms with Crippen molar-refractivity contribution in [1.29, 1.82) is 0 Å². The van der Waals surface area contributed by atoms with E-state index in [1.54, 1.807) is 23.6 Å². The lowest BCUT2D eigenvalue weighted by Gasteiger charge is -2.41. The molecule has 1 aliphatic heterocycles. The molecular formula is C40H59N5O7Si. The van der Waals surface area contributed by atoms with Gasteiger partial charge in [0.25, 0.3) is 5.91 Å². The Morgan fingerprint density at radius 1 is 1.11 bits per heavy atom. The van der Waals surface area contributed by atoms with Crippen molar-refractivity contribution in [1.82, 2.24) is 19.9 Å². The van der Waals surface area contributed by atoms with E-state index in [0.717, 1.165) is 11.1 Å². The van der Waals surface area contributed by atoms with Crippen LogP contribution in [0.2, 0.25) is 18.1 Å². The average molecular weight is 750 g/mol. The first-order valence-corrected chi connectivity index (χ1v) is 21.5. The van der Waals surface area contributed by atoms with Crippen molar-refractivity contribution in [3.05, 3.63) is 71.1 Å². The molecule has 12 nitrogen and oxygen atoms in total. The normalized spacial score (nSPS) is 15.6. The second kappa shape index (κ2) is 16.6. The molecule has 1 aliphatic rings. The summed E-state index contributed by atoms with van der Waals surface area (Å²) in [5, 5.41) is 7.18. The first-order valence-electron chi connectivity index (χ1n) is 18.5. The van der Waals surface area contributed by atoms with Gasteiger partial charge in [0.2, 0.25) is 0 Å². The third-order valence-corrected chi connectivity index (χ3v) is 13.7. The van der Waals surface area contributed by atoms with Crippen LogP contribution in [0.15, 0.2) is 43.0 Å². The highest BCUT2D eigenvalue weighted by molar-refractivity contribution is 6.72. The molecule has 0 bridgehead atoms. The van der Waals surface area contributed by atoms with Crippen LogP contribution in [0.4, 0.5) is 5.82 Å². The monoisotopic (exact) mass is 749 g/mol. The standard InChI is InChI=1S/C40H59N5O7Si/c1-12-22-51-40(9)18-20-44(21-19-40)36-33(34(37(48)50-13-2)52-38(4,5)6)27(3)42-32-24-31(43-45(32)36)35(47)41-26-30(46)23-28-16-14-15-17-29(28)25-39(7,8)53(10,11)49/h12,14-17,24,34,49H,1,13,18-23,25-26H2,2-11H3,(H,41,47)/t34-/m0/s1. The first-order chi connectivity index (χ1) is 24.7. The van der Waals surface area contributed by atoms with Crippen LogP contribution in [0.25, 0.3) is 5.65 Å². The van der Waals surface area contributed by atoms with E-state index in [0.29, 0.717) is 61.7 Å². The molecule has 0 spiro atoms. The molecule has 2 N–H and O–H groups in total. The van der Waals surface area contributed by atoms with Gasteiger partial charge in [-0.25, -0.2) is 9.78 Å². The second-order valence-corrected chi connectivity index (χ2v) is 20.9. The lowest BCUT2D eigenvalue weighted by Crippen LogP contribution is -2.45. The van der Waals surface area contributed by atoms with Gasteiger partial charge in [0.1, 0.15) is 5.82 Å². The number of aryl methyl sites for hydroxylation is 1. The van der Waals surface area contributed by atoms with E-state index in [1.165, 1.54) is 0 Å². The summed E-state index contributed by atoms with van der Waals surface area (Å²) in [7, 11) is -2.47. The molecule has 290 valence electrons. The maximum absolute atomic E-state index is 13.6. The quantitative estimate of drug-likeness (QED) is 0.100. The predicted octanol–water partition coefficient (Wildman–Crippen LogP) is 6.08. The Balaban J connectivity index is 1.65. The van der Waals surface area contributed by atoms with Crippen LogP contribution in [0.1, 0.15) is 100 Å². The van der Waals surface area contributed by atoms with Gasteiger partial charge in [0, 0.05) is 31.3 Å². The third-order valence-electron chi connectivity index (χ3n) is 10.2. The van der Waals surface area contributed by atoms with Crippen LogP contribution in [-0.2, 0) is 36.6 Å². The molecule has 0 unspecified atom stereocenters. The summed E-state index contributed by atoms with van der Waals surface area (Å²) in [4.78, 5) is 58.1. The molecule has 2 aromatic heterocycles. The van der Waals surface area contributed by atoms with Crippen LogP contribution < -0.4 is 10.2 Å². The zero-order chi connectivity index (χ0) is 39.4. The third kappa shape index (κ3) is 10.4. The van der Waals surface area contributed by atoms with Crippen LogP contribution >= 0.6 is 0 Å². The van der Waals surface area contributed by atoms with Gasteiger partial charge in [-0.1, -0.05) is 44.2 Å². The highest BCUT2D eigenvalue weighted by Gasteiger charge is 2.40. The number of benzene rings is 1. The first kappa shape index (κ1) is 41.8. The summed E-state index contributed by atoms with van der Waals surface area (Å²) in [5.41, 5.74) is 2.39. The number of carbonyl (C=O) groups is 3. The number of piperidine rings is 1. The summed E-state index contributed by atoms with van der Waals surface area (Å²) in [5.74, 6) is -0.630. The number of anilines is 1. The molecule has 0 aliphatic carbocycles. The van der Waals surface area contributed by atoms with Gasteiger partial charge < -0.3 is 29.2 Å². The van der Waals surface area contributed by atoms with Gasteiger partial charge in [-0.05, 0) is 90.1 Å². The van der Waals surface area contributed by atoms with E-state index in [4.69, 9.17) is 24.3 Å². The molecule has 1 saturated heterocycles. The van der Waals surface area contributed by atoms with Crippen LogP contribution in [0, 0.1) is 6.92 Å². The number of ketones is 1. The summed E-state index contributed by atoms with van der Waals surface area (Å²) in [6.07, 6.45) is 2.82. The number of esters is 1. The van der Waals surface area contributed by atoms with Crippen LogP contribution in [-0.4, -0.2) is 89.4 Å². The molecular weight excluding hydrogens is 691 g/mol. The number of ether oxygens (including phenoxy) is 3. The van der Waals surface area contributed by atoms with E-state index >= 15 is 0 Å². The zero-order valence-corrected chi connectivity index (χ0v) is 34.3. The van der Waals surface area contributed by atoms with E-state index in [9.17, 15) is 19.2 Å². The SMILES string of the molecule is C=CCOC1(C)CCN(c2c([C@H](OC(C)(C)C)C(=O)OCC)c(C)nc3cc(C(=O)NCC(=O)Cc4ccccc4CC(C)(C)[Si](C)(C)O)nn23)CC1. The number of hydrogen-bond donors (Lipinski definition) is 2. The minimum Gasteiger partial charge on any atom is -0.464 e. The van der Waals surface area contributed by atoms with Gasteiger partial charge in [-0.2, -0.15) is 9.61 Å². The predicted molar refractivity (Wildman–Crippen MR) is 209 cm³/mol. The van der Waals surface area contributed by atoms with Gasteiger partial charge in [-0.15, -0.1) is 6.58 Å². The Kier molecular flexibility index (Phi) is 13.1. The molecule has 53 heavy (non-hydrogen) atoms. The molecule has 4 rings (SSSR count). The number of hydrogen-bond acceptors (Lipinski definition) is 10. The molecule has 3 heterocycles. The van der Waals surface area contributed by atoms with Crippen LogP contribution in [0.5, 0.6) is 0 Å². The molecule has 1 amide bonds. The molecule has 13 heteroatoms. The number of nitrogens with one attached hydrogen (secondary N) is 1. The average Bonchev–Trinajstić information content (AvgIpc) is 3.49. The van der Waals surface area contributed by atoms with E-state index in [-0.39, 0.29) is 41.7 Å². The lowest BCUT2D eigenvalue weighted by molar-refractivity contribution is -0.167. The Bertz CT molecular complexity index is 1800. The van der Waals surface area contributed by atoms with Gasteiger partial charge in [0.05, 0.1) is 36.5 Å². The number of nitrogens with zero attached hydrogens (tertiary/aromatic N) is 4. The van der Waals surface area contributed by atoms with Crippen molar-refractivity contribution in [2.75, 3.05) is 37.7 Å². The van der Waals surface area contributed by atoms with E-state index in [1.807, 2.05) is 65.1 Å². The van der Waals surface area contributed by atoms with Crippen molar-refractivity contribution in [2.24, 2.45) is 0 Å². The number of rotatable bonds is 16. The largest absolute Gasteiger partial charge is 0.464 e. The Hall–Kier alpha value is -3.91. The Morgan fingerprint density at radius 3 is 2.34 bits per heavy atom. The lowest BCUT2D eigenvalue weighted by atomic mass is 9.92. The highest BCUT2D eigenvalue weighted by Crippen LogP contribution is 2.40. The molecule has 0 saturated carbocycles. The van der Waals surface area contributed by atoms with Crippen molar-refractivity contribution in [2.45, 2.75) is 117 Å². The van der Waals surface area contributed by atoms with Crippen LogP contribution in [0.3, 0.4) is 0 Å². The van der Waals surface area contributed by atoms with Gasteiger partial charge >= 0.3 is 5.97 Å². The summed E-state index contributed by atoms with van der Waals surface area (Å²) in [6, 6.07) is 9.34. The van der Waals surface area contributed by atoms with Crippen molar-refractivity contribution in [3.8, 4) is 0 Å². The maximum Gasteiger partial charge on any atom is 0.340 e. The zero-order valence-electron chi connectivity index (χ0n) is 33.3. The fourth-order valence-corrected chi connectivity index (χ4v) is 6.99.